The number of carbonyl (C=O) groups excluding carboxylic acids is 1. The fourth-order valence-corrected chi connectivity index (χ4v) is 9.22. The summed E-state index contributed by atoms with van der Waals surface area (Å²) < 4.78 is 59.0. The Bertz CT molecular complexity index is 2500. The number of hydrogen-bond donors (Lipinski definition) is 1. The van der Waals surface area contributed by atoms with E-state index in [2.05, 4.69) is 42.2 Å². The molecule has 13 heteroatoms. The maximum atomic E-state index is 13.8. The lowest BCUT2D eigenvalue weighted by Gasteiger charge is -2.22. The highest BCUT2D eigenvalue weighted by atomic mass is 79.9. The van der Waals surface area contributed by atoms with Crippen LogP contribution in [0.5, 0.6) is 0 Å². The molecular weight excluding hydrogens is 768 g/mol. The standard InChI is InChI=1S/C34H26Br2N4O5S2/c1-20-3-9-24(10-4-20)46(42,43)39-18-28(26-13-7-22(35)15-31(26)39)30-17-37-33(34(41)38-30)29-19-40(32-16-23(36)8-14-27(29)32)47(44,45)25-11-5-21(2)6-12-25/h3-16,18-19,30H,17H2,1-2H3,(H,38,41). The molecule has 6 aromatic rings. The third-order valence-corrected chi connectivity index (χ3v) is 12.6. The van der Waals surface area contributed by atoms with Crippen molar-refractivity contribution in [2.45, 2.75) is 29.7 Å². The first-order valence-corrected chi connectivity index (χ1v) is 18.9. The summed E-state index contributed by atoms with van der Waals surface area (Å²) in [5, 5.41) is 4.20. The normalized spacial score (nSPS) is 15.6. The second-order valence-corrected chi connectivity index (χ2v) is 16.9. The molecule has 4 aromatic carbocycles. The molecule has 1 N–H and O–H groups in total. The van der Waals surface area contributed by atoms with Crippen molar-refractivity contribution < 1.29 is 21.6 Å². The maximum absolute atomic E-state index is 13.8. The summed E-state index contributed by atoms with van der Waals surface area (Å²) in [6.07, 6.45) is 2.97. The average Bonchev–Trinajstić information content (AvgIpc) is 3.61. The van der Waals surface area contributed by atoms with Crippen molar-refractivity contribution in [3.8, 4) is 0 Å². The van der Waals surface area contributed by atoms with Gasteiger partial charge in [-0.05, 0) is 62.4 Å². The van der Waals surface area contributed by atoms with E-state index in [-0.39, 0.29) is 22.0 Å². The van der Waals surface area contributed by atoms with E-state index < -0.39 is 32.0 Å². The van der Waals surface area contributed by atoms with Crippen LogP contribution in [0.1, 0.15) is 28.3 Å². The van der Waals surface area contributed by atoms with Crippen LogP contribution in [0, 0.1) is 13.8 Å². The van der Waals surface area contributed by atoms with Gasteiger partial charge in [0.05, 0.1) is 33.4 Å². The molecule has 0 bridgehead atoms. The largest absolute Gasteiger partial charge is 0.342 e. The number of hydrogen-bond acceptors (Lipinski definition) is 6. The van der Waals surface area contributed by atoms with E-state index in [1.165, 1.54) is 20.3 Å². The third-order valence-electron chi connectivity index (χ3n) is 8.24. The van der Waals surface area contributed by atoms with Crippen LogP contribution < -0.4 is 5.32 Å². The number of benzene rings is 4. The second kappa shape index (κ2) is 11.6. The minimum absolute atomic E-state index is 0.0881. The highest BCUT2D eigenvalue weighted by Gasteiger charge is 2.32. The zero-order valence-electron chi connectivity index (χ0n) is 25.0. The highest BCUT2D eigenvalue weighted by Crippen LogP contribution is 2.34. The van der Waals surface area contributed by atoms with Gasteiger partial charge in [0.2, 0.25) is 0 Å². The van der Waals surface area contributed by atoms with Gasteiger partial charge < -0.3 is 5.32 Å². The molecule has 47 heavy (non-hydrogen) atoms. The minimum atomic E-state index is -4.01. The molecule has 0 radical (unpaired) electrons. The molecule has 3 heterocycles. The van der Waals surface area contributed by atoms with Crippen molar-refractivity contribution in [1.82, 2.24) is 13.3 Å². The molecule has 1 aliphatic rings. The minimum Gasteiger partial charge on any atom is -0.342 e. The molecule has 0 fully saturated rings. The molecule has 0 saturated carbocycles. The summed E-state index contributed by atoms with van der Waals surface area (Å²) in [6, 6.07) is 23.1. The number of nitrogens with zero attached hydrogens (tertiary/aromatic N) is 3. The Labute approximate surface area is 288 Å². The molecule has 1 amide bonds. The van der Waals surface area contributed by atoms with E-state index in [0.29, 0.717) is 41.9 Å². The lowest BCUT2D eigenvalue weighted by Crippen LogP contribution is -2.40. The van der Waals surface area contributed by atoms with Gasteiger partial charge in [0.15, 0.2) is 0 Å². The first kappa shape index (κ1) is 31.6. The van der Waals surface area contributed by atoms with E-state index in [9.17, 15) is 21.6 Å². The van der Waals surface area contributed by atoms with Crippen LogP contribution >= 0.6 is 31.9 Å². The summed E-state index contributed by atoms with van der Waals surface area (Å²) in [5.74, 6) is -0.504. The number of halogens is 2. The van der Waals surface area contributed by atoms with Gasteiger partial charge in [-0.1, -0.05) is 79.4 Å². The first-order valence-electron chi connectivity index (χ1n) is 14.5. The fourth-order valence-electron chi connectivity index (χ4n) is 5.79. The smallest absolute Gasteiger partial charge is 0.270 e. The molecule has 7 rings (SSSR count). The summed E-state index contributed by atoms with van der Waals surface area (Å²) in [5.41, 5.74) is 3.75. The van der Waals surface area contributed by atoms with E-state index in [1.807, 2.05) is 26.0 Å². The monoisotopic (exact) mass is 792 g/mol. The van der Waals surface area contributed by atoms with Gasteiger partial charge >= 0.3 is 0 Å². The van der Waals surface area contributed by atoms with Crippen LogP contribution in [-0.2, 0) is 24.8 Å². The quantitative estimate of drug-likeness (QED) is 0.198. The molecule has 0 aliphatic carbocycles. The number of rotatable bonds is 6. The van der Waals surface area contributed by atoms with E-state index in [4.69, 9.17) is 0 Å². The Morgan fingerprint density at radius 2 is 1.19 bits per heavy atom. The number of nitrogens with one attached hydrogen (secondary N) is 1. The molecule has 1 atom stereocenters. The van der Waals surface area contributed by atoms with Gasteiger partial charge in [-0.2, -0.15) is 0 Å². The SMILES string of the molecule is Cc1ccc(S(=O)(=O)n2cc(C3=NCC(c4cn(S(=O)(=O)c5ccc(C)cc5)c5cc(Br)ccc45)NC3=O)c3ccc(Br)cc32)cc1. The third kappa shape index (κ3) is 5.44. The van der Waals surface area contributed by atoms with Gasteiger partial charge in [-0.3, -0.25) is 9.79 Å². The van der Waals surface area contributed by atoms with Gasteiger partial charge in [0.25, 0.3) is 26.0 Å². The predicted molar refractivity (Wildman–Crippen MR) is 189 cm³/mol. The van der Waals surface area contributed by atoms with Crippen LogP contribution in [0.4, 0.5) is 0 Å². The molecule has 9 nitrogen and oxygen atoms in total. The number of aryl methyl sites for hydroxylation is 2. The van der Waals surface area contributed by atoms with Crippen LogP contribution in [0.2, 0.25) is 0 Å². The van der Waals surface area contributed by atoms with Crippen LogP contribution in [0.15, 0.2) is 121 Å². The lowest BCUT2D eigenvalue weighted by molar-refractivity contribution is -0.115. The summed E-state index contributed by atoms with van der Waals surface area (Å²) in [7, 11) is -7.97. The molecule has 1 aliphatic heterocycles. The van der Waals surface area contributed by atoms with Crippen molar-refractivity contribution in [2.75, 3.05) is 6.54 Å². The molecular formula is C34H26Br2N4O5S2. The van der Waals surface area contributed by atoms with Crippen molar-refractivity contribution >= 4 is 85.3 Å². The molecule has 1 unspecified atom stereocenters. The topological polar surface area (TPSA) is 120 Å². The van der Waals surface area contributed by atoms with Gasteiger partial charge in [0, 0.05) is 43.2 Å². The highest BCUT2D eigenvalue weighted by molar-refractivity contribution is 9.10. The first-order chi connectivity index (χ1) is 22.3. The van der Waals surface area contributed by atoms with Crippen LogP contribution in [0.3, 0.4) is 0 Å². The van der Waals surface area contributed by atoms with E-state index in [1.54, 1.807) is 72.8 Å². The van der Waals surface area contributed by atoms with Crippen LogP contribution in [0.25, 0.3) is 21.8 Å². The maximum Gasteiger partial charge on any atom is 0.270 e. The number of aromatic nitrogens is 2. The van der Waals surface area contributed by atoms with Crippen molar-refractivity contribution in [3.05, 3.63) is 129 Å². The Kier molecular flexibility index (Phi) is 7.78. The van der Waals surface area contributed by atoms with Gasteiger partial charge in [0.1, 0.15) is 5.71 Å². The summed E-state index contributed by atoms with van der Waals surface area (Å²) >= 11 is 6.90. The van der Waals surface area contributed by atoms with Gasteiger partial charge in [-0.25, -0.2) is 24.8 Å². The number of aliphatic imine (C=N–C) groups is 1. The van der Waals surface area contributed by atoms with Crippen LogP contribution in [-0.4, -0.2) is 42.9 Å². The predicted octanol–water partition coefficient (Wildman–Crippen LogP) is 6.87. The molecule has 0 saturated heterocycles. The number of amides is 1. The fraction of sp³-hybridized carbons (Fsp3) is 0.118. The number of fused-ring (bicyclic) bond motifs is 2. The Morgan fingerprint density at radius 3 is 1.72 bits per heavy atom. The Hall–Kier alpha value is -4.04. The molecule has 2 aromatic heterocycles. The second-order valence-electron chi connectivity index (χ2n) is 11.4. The number of carbonyl (C=O) groups is 1. The Morgan fingerprint density at radius 1 is 0.702 bits per heavy atom. The van der Waals surface area contributed by atoms with Crippen molar-refractivity contribution in [2.24, 2.45) is 4.99 Å². The lowest BCUT2D eigenvalue weighted by atomic mass is 10.0. The summed E-state index contributed by atoms with van der Waals surface area (Å²) in [6.45, 7) is 3.87. The van der Waals surface area contributed by atoms with E-state index >= 15 is 0 Å². The Balaban J connectivity index is 1.31. The zero-order chi connectivity index (χ0) is 33.2. The van der Waals surface area contributed by atoms with Crippen molar-refractivity contribution in [3.63, 3.8) is 0 Å². The molecule has 238 valence electrons. The van der Waals surface area contributed by atoms with Gasteiger partial charge in [-0.15, -0.1) is 0 Å². The average molecular weight is 795 g/mol. The molecule has 0 spiro atoms. The van der Waals surface area contributed by atoms with Crippen molar-refractivity contribution in [1.29, 1.82) is 0 Å². The zero-order valence-corrected chi connectivity index (χ0v) is 29.8. The van der Waals surface area contributed by atoms with E-state index in [0.717, 1.165) is 11.1 Å². The summed E-state index contributed by atoms with van der Waals surface area (Å²) in [4.78, 5) is 18.7.